The summed E-state index contributed by atoms with van der Waals surface area (Å²) in [5.74, 6) is 1.92. The van der Waals surface area contributed by atoms with Crippen LogP contribution in [0.15, 0.2) is 0 Å². The summed E-state index contributed by atoms with van der Waals surface area (Å²) in [5, 5.41) is 0. The fraction of sp³-hybridized carbons (Fsp3) is 0.960. The highest BCUT2D eigenvalue weighted by Crippen LogP contribution is 2.26. The largest absolute Gasteiger partial charge is 0.0654 e. The normalized spacial score (nSPS) is 11.5. The second-order valence-corrected chi connectivity index (χ2v) is 8.30. The Hall–Kier alpha value is 0. The van der Waals surface area contributed by atoms with Crippen molar-refractivity contribution in [2.75, 3.05) is 0 Å². The molecule has 0 atom stereocenters. The average Bonchev–Trinajstić information content (AvgIpc) is 2.63. The molecule has 0 saturated heterocycles. The highest BCUT2D eigenvalue weighted by Gasteiger charge is 2.09. The lowest BCUT2D eigenvalue weighted by Crippen LogP contribution is -1.99. The van der Waals surface area contributed by atoms with Gasteiger partial charge in [0, 0.05) is 0 Å². The van der Waals surface area contributed by atoms with E-state index in [1.807, 2.05) is 5.92 Å². The van der Waals surface area contributed by atoms with E-state index in [1.165, 1.54) is 135 Å². The van der Waals surface area contributed by atoms with Crippen LogP contribution >= 0.6 is 0 Å². The predicted octanol–water partition coefficient (Wildman–Crippen LogP) is 9.81. The first-order valence-electron chi connectivity index (χ1n) is 12.2. The van der Waals surface area contributed by atoms with Gasteiger partial charge in [0.1, 0.15) is 0 Å². The molecule has 0 amide bonds. The van der Waals surface area contributed by atoms with Crippen LogP contribution in [0.25, 0.3) is 0 Å². The van der Waals surface area contributed by atoms with Gasteiger partial charge < -0.3 is 0 Å². The third kappa shape index (κ3) is 20.2. The van der Waals surface area contributed by atoms with Gasteiger partial charge in [0.25, 0.3) is 0 Å². The fourth-order valence-corrected chi connectivity index (χ4v) is 3.84. The quantitative estimate of drug-likeness (QED) is 0.180. The van der Waals surface area contributed by atoms with E-state index in [1.54, 1.807) is 0 Å². The Bertz CT molecular complexity index is 182. The molecule has 0 spiro atoms. The van der Waals surface area contributed by atoms with Gasteiger partial charge in [-0.3, -0.25) is 0 Å². The van der Waals surface area contributed by atoms with Crippen LogP contribution in [0.1, 0.15) is 156 Å². The van der Waals surface area contributed by atoms with E-state index in [0.717, 1.165) is 0 Å². The van der Waals surface area contributed by atoms with Crippen LogP contribution in [0.2, 0.25) is 0 Å². The molecule has 0 heteroatoms. The SMILES string of the molecule is CCCCCCCC[C](CCCCCCCC)CCCCCCCC. The first-order chi connectivity index (χ1) is 12.3. The van der Waals surface area contributed by atoms with Gasteiger partial charge in [-0.05, 0) is 25.2 Å². The van der Waals surface area contributed by atoms with Crippen molar-refractivity contribution in [3.63, 3.8) is 0 Å². The zero-order valence-corrected chi connectivity index (χ0v) is 18.3. The predicted molar refractivity (Wildman–Crippen MR) is 117 cm³/mol. The van der Waals surface area contributed by atoms with Gasteiger partial charge in [-0.2, -0.15) is 0 Å². The molecule has 0 rings (SSSR count). The molecule has 0 aliphatic rings. The van der Waals surface area contributed by atoms with E-state index < -0.39 is 0 Å². The third-order valence-electron chi connectivity index (χ3n) is 5.65. The molecule has 25 heavy (non-hydrogen) atoms. The van der Waals surface area contributed by atoms with Crippen molar-refractivity contribution in [3.8, 4) is 0 Å². The van der Waals surface area contributed by atoms with Crippen molar-refractivity contribution in [1.82, 2.24) is 0 Å². The lowest BCUT2D eigenvalue weighted by atomic mass is 9.89. The number of rotatable bonds is 21. The van der Waals surface area contributed by atoms with E-state index in [9.17, 15) is 0 Å². The molecule has 0 nitrogen and oxygen atoms in total. The molecular formula is C25H51. The van der Waals surface area contributed by atoms with Crippen LogP contribution in [0.5, 0.6) is 0 Å². The number of unbranched alkanes of at least 4 members (excludes halogenated alkanes) is 15. The van der Waals surface area contributed by atoms with Gasteiger partial charge in [-0.15, -0.1) is 0 Å². The molecule has 0 saturated carbocycles. The molecule has 0 aliphatic carbocycles. The summed E-state index contributed by atoms with van der Waals surface area (Å²) < 4.78 is 0. The minimum Gasteiger partial charge on any atom is -0.0654 e. The standard InChI is InChI=1S/C25H51/c1-4-7-10-13-16-19-22-25(23-20-17-14-11-8-5-2)24-21-18-15-12-9-6-3/h4-24H2,1-3H3. The molecule has 0 heterocycles. The van der Waals surface area contributed by atoms with Crippen LogP contribution in [-0.4, -0.2) is 0 Å². The maximum absolute atomic E-state index is 2.31. The summed E-state index contributed by atoms with van der Waals surface area (Å²) in [4.78, 5) is 0. The molecule has 1 radical (unpaired) electrons. The zero-order valence-electron chi connectivity index (χ0n) is 18.3. The smallest absolute Gasteiger partial charge is 0.0241 e. The topological polar surface area (TPSA) is 0 Å². The molecule has 0 aliphatic heterocycles. The Labute approximate surface area is 161 Å². The number of hydrogen-bond donors (Lipinski definition) is 0. The monoisotopic (exact) mass is 351 g/mol. The van der Waals surface area contributed by atoms with Gasteiger partial charge >= 0.3 is 0 Å². The maximum Gasteiger partial charge on any atom is -0.0241 e. The van der Waals surface area contributed by atoms with E-state index >= 15 is 0 Å². The summed E-state index contributed by atoms with van der Waals surface area (Å²) in [5.41, 5.74) is 0. The Balaban J connectivity index is 3.76. The van der Waals surface area contributed by atoms with Crippen molar-refractivity contribution in [1.29, 1.82) is 0 Å². The van der Waals surface area contributed by atoms with Crippen LogP contribution < -0.4 is 0 Å². The highest BCUT2D eigenvalue weighted by atomic mass is 14.1. The number of hydrogen-bond acceptors (Lipinski definition) is 0. The zero-order chi connectivity index (χ0) is 18.4. The summed E-state index contributed by atoms with van der Waals surface area (Å²) in [6, 6.07) is 0. The van der Waals surface area contributed by atoms with Crippen molar-refractivity contribution < 1.29 is 0 Å². The molecule has 0 unspecified atom stereocenters. The Morgan fingerprint density at radius 3 is 0.840 bits per heavy atom. The minimum atomic E-state index is 1.37. The van der Waals surface area contributed by atoms with Gasteiger partial charge in [-0.1, -0.05) is 136 Å². The first kappa shape index (κ1) is 25.0. The van der Waals surface area contributed by atoms with Gasteiger partial charge in [0.2, 0.25) is 0 Å². The molecule has 0 aromatic rings. The Morgan fingerprint density at radius 1 is 0.320 bits per heavy atom. The van der Waals surface area contributed by atoms with Crippen LogP contribution in [-0.2, 0) is 0 Å². The molecule has 0 aromatic carbocycles. The summed E-state index contributed by atoms with van der Waals surface area (Å²) in [7, 11) is 0. The van der Waals surface area contributed by atoms with Gasteiger partial charge in [0.05, 0.1) is 0 Å². The Kier molecular flexibility index (Phi) is 22.0. The summed E-state index contributed by atoms with van der Waals surface area (Å²) in [6.07, 6.45) is 30.3. The molecule has 151 valence electrons. The van der Waals surface area contributed by atoms with Crippen molar-refractivity contribution in [2.45, 2.75) is 156 Å². The second kappa shape index (κ2) is 22.0. The van der Waals surface area contributed by atoms with E-state index in [4.69, 9.17) is 0 Å². The molecule has 0 bridgehead atoms. The minimum absolute atomic E-state index is 1.37. The molecule has 0 aromatic heterocycles. The second-order valence-electron chi connectivity index (χ2n) is 8.30. The van der Waals surface area contributed by atoms with Crippen LogP contribution in [0.4, 0.5) is 0 Å². The van der Waals surface area contributed by atoms with Crippen molar-refractivity contribution >= 4 is 0 Å². The van der Waals surface area contributed by atoms with Crippen molar-refractivity contribution in [3.05, 3.63) is 5.92 Å². The fourth-order valence-electron chi connectivity index (χ4n) is 3.84. The van der Waals surface area contributed by atoms with E-state index in [0.29, 0.717) is 0 Å². The lowest BCUT2D eigenvalue weighted by molar-refractivity contribution is 0.512. The Morgan fingerprint density at radius 2 is 0.560 bits per heavy atom. The van der Waals surface area contributed by atoms with Crippen molar-refractivity contribution in [2.24, 2.45) is 0 Å². The maximum atomic E-state index is 2.31. The van der Waals surface area contributed by atoms with E-state index in [2.05, 4.69) is 20.8 Å². The molecular weight excluding hydrogens is 300 g/mol. The summed E-state index contributed by atoms with van der Waals surface area (Å²) >= 11 is 0. The highest BCUT2D eigenvalue weighted by molar-refractivity contribution is 4.89. The third-order valence-corrected chi connectivity index (χ3v) is 5.65. The summed E-state index contributed by atoms with van der Waals surface area (Å²) in [6.45, 7) is 6.94. The average molecular weight is 352 g/mol. The van der Waals surface area contributed by atoms with Crippen LogP contribution in [0.3, 0.4) is 0 Å². The molecule has 0 fully saturated rings. The van der Waals surface area contributed by atoms with Gasteiger partial charge in [-0.25, -0.2) is 0 Å². The molecule has 0 N–H and O–H groups in total. The van der Waals surface area contributed by atoms with Crippen LogP contribution in [0, 0.1) is 5.92 Å². The van der Waals surface area contributed by atoms with E-state index in [-0.39, 0.29) is 0 Å². The first-order valence-corrected chi connectivity index (χ1v) is 12.2. The van der Waals surface area contributed by atoms with Gasteiger partial charge in [0.15, 0.2) is 0 Å². The lowest BCUT2D eigenvalue weighted by Gasteiger charge is -2.16.